The number of hydrogen-bond acceptors (Lipinski definition) is 3. The minimum atomic E-state index is -4.79. The van der Waals surface area contributed by atoms with E-state index in [9.17, 15) is 22.8 Å². The van der Waals surface area contributed by atoms with Crippen molar-refractivity contribution in [3.05, 3.63) is 70.5 Å². The number of benzene rings is 2. The van der Waals surface area contributed by atoms with Crippen molar-refractivity contribution in [2.45, 2.75) is 6.36 Å². The molecule has 128 valence electrons. The van der Waals surface area contributed by atoms with Crippen LogP contribution in [0.15, 0.2) is 59.5 Å². The van der Waals surface area contributed by atoms with E-state index in [0.717, 1.165) is 12.1 Å². The van der Waals surface area contributed by atoms with Crippen molar-refractivity contribution < 1.29 is 22.7 Å². The van der Waals surface area contributed by atoms with Gasteiger partial charge in [-0.25, -0.2) is 0 Å². The average Bonchev–Trinajstić information content (AvgIpc) is 2.56. The van der Waals surface area contributed by atoms with E-state index in [1.165, 1.54) is 18.3 Å². The van der Waals surface area contributed by atoms with Gasteiger partial charge in [-0.3, -0.25) is 9.59 Å². The number of hydrogen-bond donors (Lipinski definition) is 2. The first-order valence-electron chi connectivity index (χ1n) is 7.11. The minimum Gasteiger partial charge on any atom is -0.406 e. The number of ether oxygens (including phenoxy) is 1. The van der Waals surface area contributed by atoms with Gasteiger partial charge in [-0.05, 0) is 36.4 Å². The van der Waals surface area contributed by atoms with Gasteiger partial charge in [-0.2, -0.15) is 0 Å². The van der Waals surface area contributed by atoms with Crippen LogP contribution in [-0.4, -0.2) is 17.3 Å². The van der Waals surface area contributed by atoms with Gasteiger partial charge >= 0.3 is 6.36 Å². The van der Waals surface area contributed by atoms with Crippen LogP contribution in [0.3, 0.4) is 0 Å². The van der Waals surface area contributed by atoms with Gasteiger partial charge in [-0.15, -0.1) is 13.2 Å². The molecule has 1 heterocycles. The van der Waals surface area contributed by atoms with Crippen molar-refractivity contribution in [3.63, 3.8) is 0 Å². The first kappa shape index (κ1) is 16.6. The molecule has 1 aromatic heterocycles. The average molecular weight is 348 g/mol. The molecular weight excluding hydrogens is 337 g/mol. The standard InChI is InChI=1S/C17H11F3N2O3/c18-17(19,20)25-11-7-5-10(6-8-11)22-16(24)13-9-21-14-4-2-1-3-12(14)15(13)23/h1-9H,(H,21,23)(H,22,24). The number of fused-ring (bicyclic) bond motifs is 1. The van der Waals surface area contributed by atoms with Crippen molar-refractivity contribution in [2.75, 3.05) is 5.32 Å². The number of para-hydroxylation sites is 1. The molecule has 0 aliphatic heterocycles. The largest absolute Gasteiger partial charge is 0.573 e. The molecule has 0 saturated carbocycles. The molecule has 0 saturated heterocycles. The number of alkyl halides is 3. The molecule has 0 spiro atoms. The number of pyridine rings is 1. The molecule has 0 atom stereocenters. The molecule has 3 aromatic rings. The third-order valence-electron chi connectivity index (χ3n) is 3.38. The maximum Gasteiger partial charge on any atom is 0.573 e. The molecule has 0 unspecified atom stereocenters. The molecule has 2 aromatic carbocycles. The number of aromatic nitrogens is 1. The lowest BCUT2D eigenvalue weighted by Gasteiger charge is -2.10. The fourth-order valence-corrected chi connectivity index (χ4v) is 2.27. The Kier molecular flexibility index (Phi) is 4.18. The van der Waals surface area contributed by atoms with Crippen LogP contribution in [0.5, 0.6) is 5.75 Å². The number of halogens is 3. The second kappa shape index (κ2) is 6.31. The molecule has 5 nitrogen and oxygen atoms in total. The summed E-state index contributed by atoms with van der Waals surface area (Å²) >= 11 is 0. The maximum atomic E-state index is 12.3. The molecule has 0 aliphatic carbocycles. The first-order valence-corrected chi connectivity index (χ1v) is 7.11. The van der Waals surface area contributed by atoms with E-state index in [1.54, 1.807) is 24.3 Å². The summed E-state index contributed by atoms with van der Waals surface area (Å²) in [7, 11) is 0. The smallest absolute Gasteiger partial charge is 0.406 e. The Hall–Kier alpha value is -3.29. The molecule has 0 aliphatic rings. The predicted octanol–water partition coefficient (Wildman–Crippen LogP) is 3.68. The number of carbonyl (C=O) groups excluding carboxylic acids is 1. The zero-order chi connectivity index (χ0) is 18.0. The van der Waals surface area contributed by atoms with E-state index in [-0.39, 0.29) is 11.3 Å². The molecule has 25 heavy (non-hydrogen) atoms. The second-order valence-corrected chi connectivity index (χ2v) is 5.10. The van der Waals surface area contributed by atoms with Gasteiger partial charge in [0.25, 0.3) is 5.91 Å². The maximum absolute atomic E-state index is 12.3. The molecule has 0 radical (unpaired) electrons. The minimum absolute atomic E-state index is 0.102. The van der Waals surface area contributed by atoms with E-state index >= 15 is 0 Å². The summed E-state index contributed by atoms with van der Waals surface area (Å²) in [4.78, 5) is 27.5. The van der Waals surface area contributed by atoms with Gasteiger partial charge in [-0.1, -0.05) is 12.1 Å². The summed E-state index contributed by atoms with van der Waals surface area (Å²) in [5, 5.41) is 2.82. The van der Waals surface area contributed by atoms with E-state index in [1.807, 2.05) is 0 Å². The first-order chi connectivity index (χ1) is 11.8. The van der Waals surface area contributed by atoms with Crippen molar-refractivity contribution >= 4 is 22.5 Å². The van der Waals surface area contributed by atoms with Gasteiger partial charge in [0, 0.05) is 22.8 Å². The number of rotatable bonds is 3. The Morgan fingerprint density at radius 3 is 2.40 bits per heavy atom. The molecule has 2 N–H and O–H groups in total. The molecule has 1 amide bonds. The highest BCUT2D eigenvalue weighted by atomic mass is 19.4. The van der Waals surface area contributed by atoms with Gasteiger partial charge in [0.05, 0.1) is 0 Å². The predicted molar refractivity (Wildman–Crippen MR) is 85.6 cm³/mol. The quantitative estimate of drug-likeness (QED) is 0.758. The normalized spacial score (nSPS) is 11.3. The van der Waals surface area contributed by atoms with Crippen molar-refractivity contribution in [2.24, 2.45) is 0 Å². The van der Waals surface area contributed by atoms with E-state index in [2.05, 4.69) is 15.0 Å². The zero-order valence-corrected chi connectivity index (χ0v) is 12.6. The molecule has 3 rings (SSSR count). The molecule has 0 bridgehead atoms. The number of anilines is 1. The lowest BCUT2D eigenvalue weighted by molar-refractivity contribution is -0.274. The van der Waals surface area contributed by atoms with Gasteiger partial charge < -0.3 is 15.0 Å². The van der Waals surface area contributed by atoms with Crippen LogP contribution in [-0.2, 0) is 0 Å². The zero-order valence-electron chi connectivity index (χ0n) is 12.6. The number of aromatic amines is 1. The lowest BCUT2D eigenvalue weighted by Crippen LogP contribution is -2.22. The number of H-pyrrole nitrogens is 1. The summed E-state index contributed by atoms with van der Waals surface area (Å²) in [6, 6.07) is 11.3. The molecular formula is C17H11F3N2O3. The van der Waals surface area contributed by atoms with Gasteiger partial charge in [0.1, 0.15) is 11.3 Å². The Bertz CT molecular complexity index is 979. The molecule has 0 fully saturated rings. The van der Waals surface area contributed by atoms with Crippen molar-refractivity contribution in [3.8, 4) is 5.75 Å². The number of nitrogens with one attached hydrogen (secondary N) is 2. The van der Waals surface area contributed by atoms with E-state index in [0.29, 0.717) is 10.9 Å². The number of carbonyl (C=O) groups is 1. The van der Waals surface area contributed by atoms with E-state index in [4.69, 9.17) is 0 Å². The fourth-order valence-electron chi connectivity index (χ4n) is 2.27. The highest BCUT2D eigenvalue weighted by Crippen LogP contribution is 2.24. The summed E-state index contributed by atoms with van der Waals surface area (Å²) < 4.78 is 40.1. The summed E-state index contributed by atoms with van der Waals surface area (Å²) in [5.74, 6) is -1.08. The Labute approximate surface area is 139 Å². The Morgan fingerprint density at radius 2 is 1.72 bits per heavy atom. The Balaban J connectivity index is 1.81. The fraction of sp³-hybridized carbons (Fsp3) is 0.0588. The van der Waals surface area contributed by atoms with Crippen molar-refractivity contribution in [1.29, 1.82) is 0 Å². The summed E-state index contributed by atoms with van der Waals surface area (Å²) in [6.07, 6.45) is -3.50. The molecule has 8 heteroatoms. The van der Waals surface area contributed by atoms with Crippen LogP contribution in [0, 0.1) is 0 Å². The van der Waals surface area contributed by atoms with Crippen LogP contribution in [0.1, 0.15) is 10.4 Å². The highest BCUT2D eigenvalue weighted by Gasteiger charge is 2.31. The van der Waals surface area contributed by atoms with Crippen LogP contribution in [0.2, 0.25) is 0 Å². The third kappa shape index (κ3) is 3.79. The monoisotopic (exact) mass is 348 g/mol. The van der Waals surface area contributed by atoms with Crippen molar-refractivity contribution in [1.82, 2.24) is 4.98 Å². The topological polar surface area (TPSA) is 71.2 Å². The van der Waals surface area contributed by atoms with Gasteiger partial charge in [0.2, 0.25) is 5.43 Å². The Morgan fingerprint density at radius 1 is 1.04 bits per heavy atom. The second-order valence-electron chi connectivity index (χ2n) is 5.10. The van der Waals surface area contributed by atoms with Gasteiger partial charge in [0.15, 0.2) is 0 Å². The third-order valence-corrected chi connectivity index (χ3v) is 3.38. The van der Waals surface area contributed by atoms with Crippen LogP contribution in [0.4, 0.5) is 18.9 Å². The SMILES string of the molecule is O=C(Nc1ccc(OC(F)(F)F)cc1)c1c[nH]c2ccccc2c1=O. The van der Waals surface area contributed by atoms with Crippen LogP contribution >= 0.6 is 0 Å². The van der Waals surface area contributed by atoms with Crippen LogP contribution in [0.25, 0.3) is 10.9 Å². The summed E-state index contributed by atoms with van der Waals surface area (Å²) in [6.45, 7) is 0. The highest BCUT2D eigenvalue weighted by molar-refractivity contribution is 6.05. The van der Waals surface area contributed by atoms with Crippen LogP contribution < -0.4 is 15.5 Å². The summed E-state index contributed by atoms with van der Waals surface area (Å²) in [5.41, 5.74) is 0.281. The van der Waals surface area contributed by atoms with E-state index < -0.39 is 23.4 Å². The number of amides is 1. The lowest BCUT2D eigenvalue weighted by atomic mass is 10.1.